The first kappa shape index (κ1) is 17.8. The molecule has 24 heavy (non-hydrogen) atoms. The molecule has 0 bridgehead atoms. The summed E-state index contributed by atoms with van der Waals surface area (Å²) in [7, 11) is -1.08. The van der Waals surface area contributed by atoms with Gasteiger partial charge in [0.05, 0.1) is 12.1 Å². The average molecular weight is 356 g/mol. The van der Waals surface area contributed by atoms with E-state index in [-0.39, 0.29) is 34.3 Å². The van der Waals surface area contributed by atoms with Crippen molar-refractivity contribution in [2.75, 3.05) is 14.1 Å². The van der Waals surface area contributed by atoms with Crippen LogP contribution in [0.1, 0.15) is 32.2 Å². The maximum atomic E-state index is 12.0. The smallest absolute Gasteiger partial charge is 0.339 e. The Labute approximate surface area is 137 Å². The van der Waals surface area contributed by atoms with Gasteiger partial charge < -0.3 is 19.3 Å². The number of furan rings is 2. The van der Waals surface area contributed by atoms with Crippen LogP contribution in [0.5, 0.6) is 0 Å². The molecular weight excluding hydrogens is 340 g/mol. The van der Waals surface area contributed by atoms with Gasteiger partial charge in [-0.2, -0.15) is 0 Å². The second-order valence-electron chi connectivity index (χ2n) is 5.11. The Morgan fingerprint density at radius 1 is 1.29 bits per heavy atom. The van der Waals surface area contributed by atoms with Crippen LogP contribution < -0.4 is 5.32 Å². The van der Waals surface area contributed by atoms with Gasteiger partial charge in [0.25, 0.3) is 15.9 Å². The average Bonchev–Trinajstić information content (AvgIpc) is 3.11. The lowest BCUT2D eigenvalue weighted by atomic mass is 10.2. The van der Waals surface area contributed by atoms with Crippen molar-refractivity contribution in [3.8, 4) is 0 Å². The lowest BCUT2D eigenvalue weighted by Gasteiger charge is -2.07. The molecule has 9 nitrogen and oxygen atoms in total. The largest absolute Gasteiger partial charge is 0.478 e. The van der Waals surface area contributed by atoms with E-state index in [0.717, 1.165) is 16.6 Å². The maximum Gasteiger partial charge on any atom is 0.339 e. The monoisotopic (exact) mass is 356 g/mol. The highest BCUT2D eigenvalue weighted by molar-refractivity contribution is 7.88. The summed E-state index contributed by atoms with van der Waals surface area (Å²) < 4.78 is 34.9. The molecule has 0 unspecified atom stereocenters. The molecule has 130 valence electrons. The van der Waals surface area contributed by atoms with Crippen LogP contribution in [-0.2, 0) is 16.6 Å². The minimum absolute atomic E-state index is 0.0157. The van der Waals surface area contributed by atoms with Gasteiger partial charge in [0.2, 0.25) is 5.09 Å². The van der Waals surface area contributed by atoms with Crippen molar-refractivity contribution in [3.63, 3.8) is 0 Å². The summed E-state index contributed by atoms with van der Waals surface area (Å²) in [6.07, 6.45) is 1.03. The Kier molecular flexibility index (Phi) is 4.81. The lowest BCUT2D eigenvalue weighted by Crippen LogP contribution is -2.23. The Balaban J connectivity index is 2.07. The van der Waals surface area contributed by atoms with Crippen LogP contribution in [0.15, 0.2) is 32.3 Å². The number of carbonyl (C=O) groups is 2. The Morgan fingerprint density at radius 2 is 1.96 bits per heavy atom. The van der Waals surface area contributed by atoms with E-state index in [9.17, 15) is 18.0 Å². The third-order valence-electron chi connectivity index (χ3n) is 3.19. The third kappa shape index (κ3) is 3.49. The summed E-state index contributed by atoms with van der Waals surface area (Å²) in [5.74, 6) is -1.20. The van der Waals surface area contributed by atoms with Crippen molar-refractivity contribution < 1.29 is 31.9 Å². The first-order valence-corrected chi connectivity index (χ1v) is 8.18. The molecule has 2 heterocycles. The zero-order valence-corrected chi connectivity index (χ0v) is 14.0. The van der Waals surface area contributed by atoms with Gasteiger partial charge in [-0.05, 0) is 13.0 Å². The second-order valence-corrected chi connectivity index (χ2v) is 7.20. The first-order chi connectivity index (χ1) is 11.1. The lowest BCUT2D eigenvalue weighted by molar-refractivity contribution is 0.0694. The van der Waals surface area contributed by atoms with E-state index in [1.54, 1.807) is 0 Å². The number of hydrogen-bond acceptors (Lipinski definition) is 6. The van der Waals surface area contributed by atoms with Crippen molar-refractivity contribution >= 4 is 21.9 Å². The molecule has 2 aromatic rings. The molecule has 0 atom stereocenters. The third-order valence-corrected chi connectivity index (χ3v) is 4.88. The highest BCUT2D eigenvalue weighted by Crippen LogP contribution is 2.18. The number of aryl methyl sites for hydroxylation is 1. The van der Waals surface area contributed by atoms with Gasteiger partial charge in [-0.15, -0.1) is 0 Å². The number of carboxylic acid groups (broad SMARTS) is 1. The zero-order chi connectivity index (χ0) is 18.1. The number of amides is 1. The second kappa shape index (κ2) is 6.49. The van der Waals surface area contributed by atoms with Gasteiger partial charge in [0.15, 0.2) is 0 Å². The van der Waals surface area contributed by atoms with E-state index in [0.29, 0.717) is 0 Å². The summed E-state index contributed by atoms with van der Waals surface area (Å²) in [4.78, 5) is 22.9. The summed E-state index contributed by atoms with van der Waals surface area (Å²) in [6, 6.07) is 2.43. The Morgan fingerprint density at radius 3 is 2.50 bits per heavy atom. The summed E-state index contributed by atoms with van der Waals surface area (Å²) in [5.41, 5.74) is 0.0408. The molecule has 0 aliphatic heterocycles. The molecule has 2 aromatic heterocycles. The standard InChI is InChI=1S/C14H16N2O7S/c1-8-11(14(18)19)5-10(23-8)6-15-13(17)9-4-12(22-7-9)24(20,21)16(2)3/h4-5,7H,6H2,1-3H3,(H,15,17)(H,18,19). The molecule has 0 saturated heterocycles. The molecule has 0 saturated carbocycles. The normalized spacial score (nSPS) is 11.7. The summed E-state index contributed by atoms with van der Waals surface area (Å²) in [5, 5.41) is 11.1. The van der Waals surface area contributed by atoms with Crippen LogP contribution in [0.3, 0.4) is 0 Å². The van der Waals surface area contributed by atoms with E-state index in [4.69, 9.17) is 13.9 Å². The van der Waals surface area contributed by atoms with E-state index in [2.05, 4.69) is 5.32 Å². The van der Waals surface area contributed by atoms with Crippen LogP contribution in [-0.4, -0.2) is 43.8 Å². The molecule has 2 N–H and O–H groups in total. The Hall–Kier alpha value is -2.59. The predicted octanol–water partition coefficient (Wildman–Crippen LogP) is 1.06. The number of aromatic carboxylic acids is 1. The van der Waals surface area contributed by atoms with Gasteiger partial charge >= 0.3 is 5.97 Å². The minimum atomic E-state index is -3.77. The van der Waals surface area contributed by atoms with Crippen molar-refractivity contribution in [2.45, 2.75) is 18.6 Å². The fourth-order valence-corrected chi connectivity index (χ4v) is 2.67. The van der Waals surface area contributed by atoms with Crippen molar-refractivity contribution in [3.05, 3.63) is 41.0 Å². The topological polar surface area (TPSA) is 130 Å². The van der Waals surface area contributed by atoms with Crippen LogP contribution in [0.25, 0.3) is 0 Å². The SMILES string of the molecule is Cc1oc(CNC(=O)c2coc(S(=O)(=O)N(C)C)c2)cc1C(=O)O. The van der Waals surface area contributed by atoms with E-state index < -0.39 is 21.9 Å². The van der Waals surface area contributed by atoms with E-state index >= 15 is 0 Å². The van der Waals surface area contributed by atoms with Crippen molar-refractivity contribution in [2.24, 2.45) is 0 Å². The first-order valence-electron chi connectivity index (χ1n) is 6.74. The quantitative estimate of drug-likeness (QED) is 0.791. The summed E-state index contributed by atoms with van der Waals surface area (Å²) >= 11 is 0. The molecule has 0 aliphatic rings. The van der Waals surface area contributed by atoms with Gasteiger partial charge in [0.1, 0.15) is 23.3 Å². The number of nitrogens with one attached hydrogen (secondary N) is 1. The molecule has 1 amide bonds. The molecular formula is C14H16N2O7S. The molecule has 0 aliphatic carbocycles. The van der Waals surface area contributed by atoms with E-state index in [1.165, 1.54) is 27.1 Å². The molecule has 0 spiro atoms. The molecule has 10 heteroatoms. The molecule has 0 radical (unpaired) electrons. The molecule has 0 fully saturated rings. The van der Waals surface area contributed by atoms with Gasteiger partial charge in [-0.3, -0.25) is 4.79 Å². The van der Waals surface area contributed by atoms with Crippen LogP contribution in [0.4, 0.5) is 0 Å². The van der Waals surface area contributed by atoms with Crippen molar-refractivity contribution in [1.29, 1.82) is 0 Å². The molecule has 2 rings (SSSR count). The number of rotatable bonds is 6. The van der Waals surface area contributed by atoms with Crippen LogP contribution in [0.2, 0.25) is 0 Å². The number of sulfonamides is 1. The highest BCUT2D eigenvalue weighted by atomic mass is 32.2. The van der Waals surface area contributed by atoms with Gasteiger partial charge in [-0.25, -0.2) is 17.5 Å². The predicted molar refractivity (Wildman–Crippen MR) is 81.2 cm³/mol. The molecule has 0 aromatic carbocycles. The van der Waals surface area contributed by atoms with Gasteiger partial charge in [-0.1, -0.05) is 0 Å². The number of carbonyl (C=O) groups excluding carboxylic acids is 1. The van der Waals surface area contributed by atoms with Gasteiger partial charge in [0, 0.05) is 20.2 Å². The fourth-order valence-electron chi connectivity index (χ4n) is 1.86. The van der Waals surface area contributed by atoms with Crippen LogP contribution in [0, 0.1) is 6.92 Å². The highest BCUT2D eigenvalue weighted by Gasteiger charge is 2.23. The number of hydrogen-bond donors (Lipinski definition) is 2. The van der Waals surface area contributed by atoms with Crippen molar-refractivity contribution in [1.82, 2.24) is 9.62 Å². The number of carboxylic acids is 1. The fraction of sp³-hybridized carbons (Fsp3) is 0.286. The number of nitrogens with zero attached hydrogens (tertiary/aromatic N) is 1. The van der Waals surface area contributed by atoms with E-state index in [1.807, 2.05) is 0 Å². The zero-order valence-electron chi connectivity index (χ0n) is 13.2. The summed E-state index contributed by atoms with van der Waals surface area (Å²) in [6.45, 7) is 1.46. The van der Waals surface area contributed by atoms with Crippen LogP contribution >= 0.6 is 0 Å². The minimum Gasteiger partial charge on any atom is -0.478 e. The Bertz CT molecular complexity index is 877. The maximum absolute atomic E-state index is 12.0.